The van der Waals surface area contributed by atoms with Crippen LogP contribution in [0.3, 0.4) is 0 Å². The molecule has 0 saturated carbocycles. The van der Waals surface area contributed by atoms with E-state index in [9.17, 15) is 14.0 Å². The molecule has 0 spiro atoms. The first-order chi connectivity index (χ1) is 18.0. The molecule has 0 N–H and O–H groups in total. The van der Waals surface area contributed by atoms with Gasteiger partial charge in [0, 0.05) is 23.0 Å². The number of ether oxygens (including phenoxy) is 3. The molecule has 2 heterocycles. The lowest BCUT2D eigenvalue weighted by atomic mass is 9.67. The topological polar surface area (TPSA) is 61.8 Å². The fourth-order valence-electron chi connectivity index (χ4n) is 6.40. The minimum atomic E-state index is -1.69. The number of allylic oxidation sites excluding steroid dienone is 2. The van der Waals surface area contributed by atoms with Gasteiger partial charge in [-0.1, -0.05) is 31.4 Å². The maximum atomic E-state index is 13.9. The van der Waals surface area contributed by atoms with Crippen molar-refractivity contribution in [3.05, 3.63) is 70.1 Å². The number of carbonyl (C=O) groups excluding carboxylic acids is 2. The monoisotopic (exact) mass is 520 g/mol. The van der Waals surface area contributed by atoms with Crippen LogP contribution in [0.15, 0.2) is 42.0 Å². The van der Waals surface area contributed by atoms with Gasteiger partial charge in [0.1, 0.15) is 34.3 Å². The Labute approximate surface area is 224 Å². The Bertz CT molecular complexity index is 1290. The highest BCUT2D eigenvalue weighted by Gasteiger charge is 2.51. The molecule has 1 unspecified atom stereocenters. The van der Waals surface area contributed by atoms with E-state index in [4.69, 9.17) is 14.2 Å². The van der Waals surface area contributed by atoms with Crippen molar-refractivity contribution in [3.63, 3.8) is 0 Å². The van der Waals surface area contributed by atoms with Crippen LogP contribution in [0.25, 0.3) is 0 Å². The van der Waals surface area contributed by atoms with E-state index in [-0.39, 0.29) is 24.0 Å². The van der Waals surface area contributed by atoms with Gasteiger partial charge in [0.2, 0.25) is 0 Å². The van der Waals surface area contributed by atoms with Gasteiger partial charge in [-0.2, -0.15) is 0 Å². The minimum absolute atomic E-state index is 0.00455. The Morgan fingerprint density at radius 1 is 1.11 bits per heavy atom. The number of benzene rings is 2. The molecule has 2 aromatic rings. The zero-order chi connectivity index (χ0) is 27.2. The average molecular weight is 521 g/mol. The first-order valence-corrected chi connectivity index (χ1v) is 13.8. The number of fused-ring (bicyclic) bond motifs is 5. The first-order valence-electron chi connectivity index (χ1n) is 13.8. The Morgan fingerprint density at radius 2 is 1.84 bits per heavy atom. The molecule has 3 atom stereocenters. The molecular formula is C32H37FO5. The van der Waals surface area contributed by atoms with E-state index in [1.807, 2.05) is 6.07 Å². The maximum Gasteiger partial charge on any atom is 0.345 e. The van der Waals surface area contributed by atoms with Crippen molar-refractivity contribution in [2.24, 2.45) is 5.92 Å². The zero-order valence-electron chi connectivity index (χ0n) is 23.0. The highest BCUT2D eigenvalue weighted by Crippen LogP contribution is 2.57. The van der Waals surface area contributed by atoms with Gasteiger partial charge in [-0.3, -0.25) is 4.79 Å². The number of carbonyl (C=O) groups is 2. The molecule has 2 aromatic carbocycles. The molecule has 0 aromatic heterocycles. The van der Waals surface area contributed by atoms with Crippen LogP contribution in [0.5, 0.6) is 11.5 Å². The molecule has 0 amide bonds. The Kier molecular flexibility index (Phi) is 6.87. The first kappa shape index (κ1) is 26.5. The van der Waals surface area contributed by atoms with Crippen molar-refractivity contribution in [1.29, 1.82) is 0 Å². The molecule has 2 aliphatic heterocycles. The van der Waals surface area contributed by atoms with Crippen LogP contribution in [0.1, 0.15) is 106 Å². The molecule has 0 radical (unpaired) electrons. The van der Waals surface area contributed by atoms with Crippen LogP contribution in [0.4, 0.5) is 4.39 Å². The van der Waals surface area contributed by atoms with E-state index < -0.39 is 23.2 Å². The quantitative estimate of drug-likeness (QED) is 0.214. The lowest BCUT2D eigenvalue weighted by Gasteiger charge is -2.48. The summed E-state index contributed by atoms with van der Waals surface area (Å²) in [6.07, 6.45) is 7.74. The number of esters is 1. The SMILES string of the molecule is CCCCCc1cc2c(c3c1C(=O)OC(CC(C)=O)(c1ccc(F)cc1)O3)[C@@H]1C=C(C)CC[C@H]1C(C)(C)O2. The van der Waals surface area contributed by atoms with Crippen LogP contribution in [0.2, 0.25) is 0 Å². The van der Waals surface area contributed by atoms with Gasteiger partial charge in [0.05, 0.1) is 6.42 Å². The Balaban J connectivity index is 1.75. The maximum absolute atomic E-state index is 13.9. The minimum Gasteiger partial charge on any atom is -0.487 e. The number of unbranched alkanes of at least 4 members (excludes halogenated alkanes) is 2. The van der Waals surface area contributed by atoms with Gasteiger partial charge in [0.15, 0.2) is 0 Å². The predicted molar refractivity (Wildman–Crippen MR) is 143 cm³/mol. The number of halogens is 1. The van der Waals surface area contributed by atoms with Gasteiger partial charge < -0.3 is 14.2 Å². The van der Waals surface area contributed by atoms with Crippen LogP contribution < -0.4 is 9.47 Å². The van der Waals surface area contributed by atoms with E-state index in [0.29, 0.717) is 23.3 Å². The second-order valence-electron chi connectivity index (χ2n) is 11.6. The summed E-state index contributed by atoms with van der Waals surface area (Å²) in [5.41, 5.74) is 3.41. The average Bonchev–Trinajstić information content (AvgIpc) is 2.83. The number of ketones is 1. The van der Waals surface area contributed by atoms with Crippen molar-refractivity contribution < 1.29 is 28.2 Å². The van der Waals surface area contributed by atoms with Crippen LogP contribution in [0, 0.1) is 11.7 Å². The normalized spacial score (nSPS) is 25.1. The van der Waals surface area contributed by atoms with Crippen LogP contribution in [-0.2, 0) is 21.7 Å². The van der Waals surface area contributed by atoms with Crippen molar-refractivity contribution in [3.8, 4) is 11.5 Å². The molecule has 202 valence electrons. The van der Waals surface area contributed by atoms with Gasteiger partial charge in [-0.05, 0) is 89.3 Å². The number of hydrogen-bond acceptors (Lipinski definition) is 5. The van der Waals surface area contributed by atoms with Gasteiger partial charge >= 0.3 is 5.97 Å². The number of rotatable bonds is 7. The largest absolute Gasteiger partial charge is 0.487 e. The van der Waals surface area contributed by atoms with Gasteiger partial charge in [-0.15, -0.1) is 0 Å². The summed E-state index contributed by atoms with van der Waals surface area (Å²) in [6.45, 7) is 9.97. The molecule has 0 fully saturated rings. The number of hydrogen-bond donors (Lipinski definition) is 0. The summed E-state index contributed by atoms with van der Waals surface area (Å²) in [5, 5.41) is 0. The van der Waals surface area contributed by atoms with Crippen molar-refractivity contribution in [2.45, 2.75) is 96.9 Å². The van der Waals surface area contributed by atoms with E-state index in [1.165, 1.54) is 36.8 Å². The molecule has 3 aliphatic rings. The second-order valence-corrected chi connectivity index (χ2v) is 11.6. The van der Waals surface area contributed by atoms with E-state index >= 15 is 0 Å². The zero-order valence-corrected chi connectivity index (χ0v) is 23.0. The molecule has 6 heteroatoms. The molecule has 5 nitrogen and oxygen atoms in total. The molecule has 5 rings (SSSR count). The van der Waals surface area contributed by atoms with Crippen LogP contribution in [-0.4, -0.2) is 17.4 Å². The lowest BCUT2D eigenvalue weighted by Crippen LogP contribution is -2.48. The summed E-state index contributed by atoms with van der Waals surface area (Å²) in [5.74, 6) is -1.49. The van der Waals surface area contributed by atoms with Gasteiger partial charge in [0.25, 0.3) is 5.79 Å². The fourth-order valence-corrected chi connectivity index (χ4v) is 6.40. The summed E-state index contributed by atoms with van der Waals surface area (Å²) >= 11 is 0. The second kappa shape index (κ2) is 9.87. The summed E-state index contributed by atoms with van der Waals surface area (Å²) in [4.78, 5) is 26.4. The van der Waals surface area contributed by atoms with Crippen molar-refractivity contribution >= 4 is 11.8 Å². The third kappa shape index (κ3) is 4.63. The summed E-state index contributed by atoms with van der Waals surface area (Å²) in [7, 11) is 0. The number of Topliss-reactive ketones (excluding diaryl/α,β-unsaturated/α-hetero) is 1. The standard InChI is InChI=1S/C32H37FO5/c1-6-7-8-9-21-17-26-28(24-16-19(2)10-15-25(24)31(4,5)36-26)29-27(21)30(35)38-32(37-29,18-20(3)34)22-11-13-23(33)14-12-22/h11-14,16-17,24-25H,6-10,15,18H2,1-5H3/t24-,25-,32?/m1/s1. The molecular weight excluding hydrogens is 483 g/mol. The van der Waals surface area contributed by atoms with Crippen molar-refractivity contribution in [1.82, 2.24) is 0 Å². The predicted octanol–water partition coefficient (Wildman–Crippen LogP) is 7.55. The number of aryl methyl sites for hydroxylation is 1. The molecule has 0 bridgehead atoms. The highest BCUT2D eigenvalue weighted by molar-refractivity contribution is 5.97. The summed E-state index contributed by atoms with van der Waals surface area (Å²) < 4.78 is 33.2. The fraction of sp³-hybridized carbons (Fsp3) is 0.500. The summed E-state index contributed by atoms with van der Waals surface area (Å²) in [6, 6.07) is 7.60. The van der Waals surface area contributed by atoms with Crippen molar-refractivity contribution in [2.75, 3.05) is 0 Å². The lowest BCUT2D eigenvalue weighted by molar-refractivity contribution is -0.172. The molecule has 1 aliphatic carbocycles. The van der Waals surface area contributed by atoms with E-state index in [1.54, 1.807) is 0 Å². The van der Waals surface area contributed by atoms with Gasteiger partial charge in [-0.25, -0.2) is 9.18 Å². The number of cyclic esters (lactones) is 1. The molecule has 38 heavy (non-hydrogen) atoms. The highest BCUT2D eigenvalue weighted by atomic mass is 19.1. The molecule has 0 saturated heterocycles. The Morgan fingerprint density at radius 3 is 2.53 bits per heavy atom. The van der Waals surface area contributed by atoms with E-state index in [0.717, 1.165) is 49.0 Å². The third-order valence-corrected chi connectivity index (χ3v) is 8.25. The third-order valence-electron chi connectivity index (χ3n) is 8.25. The smallest absolute Gasteiger partial charge is 0.345 e. The Hall–Kier alpha value is -3.15. The van der Waals surface area contributed by atoms with Crippen LogP contribution >= 0.6 is 0 Å². The van der Waals surface area contributed by atoms with E-state index in [2.05, 4.69) is 33.8 Å².